The van der Waals surface area contributed by atoms with E-state index in [1.165, 1.54) is 6.42 Å². The van der Waals surface area contributed by atoms with Gasteiger partial charge >= 0.3 is 0 Å². The molecule has 3 heteroatoms. The van der Waals surface area contributed by atoms with Crippen LogP contribution in [0.3, 0.4) is 0 Å². The lowest BCUT2D eigenvalue weighted by Gasteiger charge is -2.30. The SMILES string of the molecule is CCN(CCCC(C)(C)N)C(C)CN(C)C. The zero-order valence-electron chi connectivity index (χ0n) is 12.1. The van der Waals surface area contributed by atoms with Gasteiger partial charge in [0.05, 0.1) is 0 Å². The fourth-order valence-electron chi connectivity index (χ4n) is 2.07. The molecule has 16 heavy (non-hydrogen) atoms. The summed E-state index contributed by atoms with van der Waals surface area (Å²) >= 11 is 0. The molecule has 0 aromatic rings. The number of nitrogens with two attached hydrogens (primary N) is 1. The van der Waals surface area contributed by atoms with Gasteiger partial charge in [-0.2, -0.15) is 0 Å². The predicted molar refractivity (Wildman–Crippen MR) is 72.8 cm³/mol. The summed E-state index contributed by atoms with van der Waals surface area (Å²) in [7, 11) is 4.26. The van der Waals surface area contributed by atoms with Crippen LogP contribution in [0.25, 0.3) is 0 Å². The highest BCUT2D eigenvalue weighted by atomic mass is 15.2. The van der Waals surface area contributed by atoms with E-state index in [9.17, 15) is 0 Å². The van der Waals surface area contributed by atoms with Gasteiger partial charge in [0.15, 0.2) is 0 Å². The molecule has 2 N–H and O–H groups in total. The topological polar surface area (TPSA) is 32.5 Å². The first kappa shape index (κ1) is 15.9. The molecule has 0 heterocycles. The van der Waals surface area contributed by atoms with Gasteiger partial charge < -0.3 is 10.6 Å². The second kappa shape index (κ2) is 7.25. The van der Waals surface area contributed by atoms with Crippen molar-refractivity contribution in [2.75, 3.05) is 33.7 Å². The Labute approximate surface area is 102 Å². The first-order valence-electron chi connectivity index (χ1n) is 6.44. The van der Waals surface area contributed by atoms with E-state index in [-0.39, 0.29) is 5.54 Å². The third-order valence-corrected chi connectivity index (χ3v) is 2.93. The van der Waals surface area contributed by atoms with Crippen LogP contribution in [-0.2, 0) is 0 Å². The van der Waals surface area contributed by atoms with Crippen molar-refractivity contribution >= 4 is 0 Å². The molecule has 1 unspecified atom stereocenters. The highest BCUT2D eigenvalue weighted by Crippen LogP contribution is 2.09. The van der Waals surface area contributed by atoms with Gasteiger partial charge in [-0.05, 0) is 60.8 Å². The minimum atomic E-state index is -0.0236. The van der Waals surface area contributed by atoms with E-state index in [2.05, 4.69) is 51.6 Å². The maximum absolute atomic E-state index is 5.99. The molecular formula is C13H31N3. The molecule has 0 rings (SSSR count). The maximum Gasteiger partial charge on any atom is 0.0194 e. The molecule has 0 saturated carbocycles. The van der Waals surface area contributed by atoms with Crippen molar-refractivity contribution in [3.05, 3.63) is 0 Å². The summed E-state index contributed by atoms with van der Waals surface area (Å²) in [6, 6.07) is 0.626. The third kappa shape index (κ3) is 8.08. The molecule has 0 aliphatic carbocycles. The Morgan fingerprint density at radius 1 is 1.25 bits per heavy atom. The molecule has 0 aromatic heterocycles. The van der Waals surface area contributed by atoms with E-state index in [1.807, 2.05) is 0 Å². The molecule has 0 saturated heterocycles. The Balaban J connectivity index is 3.91. The molecule has 1 atom stereocenters. The van der Waals surface area contributed by atoms with E-state index in [4.69, 9.17) is 5.73 Å². The van der Waals surface area contributed by atoms with Gasteiger partial charge in [-0.15, -0.1) is 0 Å². The van der Waals surface area contributed by atoms with Crippen molar-refractivity contribution in [1.82, 2.24) is 9.80 Å². The van der Waals surface area contributed by atoms with E-state index in [0.29, 0.717) is 6.04 Å². The van der Waals surface area contributed by atoms with Gasteiger partial charge in [-0.25, -0.2) is 0 Å². The Bertz CT molecular complexity index is 173. The summed E-state index contributed by atoms with van der Waals surface area (Å²) < 4.78 is 0. The average molecular weight is 229 g/mol. The minimum Gasteiger partial charge on any atom is -0.326 e. The van der Waals surface area contributed by atoms with Gasteiger partial charge in [-0.3, -0.25) is 4.90 Å². The molecule has 0 radical (unpaired) electrons. The smallest absolute Gasteiger partial charge is 0.0194 e. The van der Waals surface area contributed by atoms with Crippen LogP contribution in [0.15, 0.2) is 0 Å². The van der Waals surface area contributed by atoms with Crippen molar-refractivity contribution in [2.24, 2.45) is 5.73 Å². The van der Waals surface area contributed by atoms with Crippen LogP contribution < -0.4 is 5.73 Å². The largest absolute Gasteiger partial charge is 0.326 e. The molecule has 3 nitrogen and oxygen atoms in total. The first-order chi connectivity index (χ1) is 7.26. The van der Waals surface area contributed by atoms with Gasteiger partial charge in [0, 0.05) is 18.1 Å². The highest BCUT2D eigenvalue weighted by molar-refractivity contribution is 4.74. The molecule has 0 bridgehead atoms. The lowest BCUT2D eigenvalue weighted by atomic mass is 10.00. The van der Waals surface area contributed by atoms with Gasteiger partial charge in [0.25, 0.3) is 0 Å². The summed E-state index contributed by atoms with van der Waals surface area (Å²) in [5.41, 5.74) is 5.97. The van der Waals surface area contributed by atoms with Gasteiger partial charge in [0.2, 0.25) is 0 Å². The van der Waals surface area contributed by atoms with Crippen LogP contribution in [0.4, 0.5) is 0 Å². The zero-order valence-corrected chi connectivity index (χ0v) is 12.1. The monoisotopic (exact) mass is 229 g/mol. The van der Waals surface area contributed by atoms with Crippen LogP contribution in [0, 0.1) is 0 Å². The lowest BCUT2D eigenvalue weighted by molar-refractivity contribution is 0.175. The van der Waals surface area contributed by atoms with Crippen LogP contribution in [0.1, 0.15) is 40.5 Å². The van der Waals surface area contributed by atoms with Crippen molar-refractivity contribution < 1.29 is 0 Å². The maximum atomic E-state index is 5.99. The zero-order chi connectivity index (χ0) is 12.8. The summed E-state index contributed by atoms with van der Waals surface area (Å²) in [6.07, 6.45) is 2.29. The third-order valence-electron chi connectivity index (χ3n) is 2.93. The molecule has 0 spiro atoms. The number of rotatable bonds is 8. The Kier molecular flexibility index (Phi) is 7.20. The Morgan fingerprint density at radius 3 is 2.19 bits per heavy atom. The summed E-state index contributed by atoms with van der Waals surface area (Å²) in [4.78, 5) is 4.78. The van der Waals surface area contributed by atoms with E-state index in [0.717, 1.165) is 26.1 Å². The van der Waals surface area contributed by atoms with Crippen molar-refractivity contribution in [3.63, 3.8) is 0 Å². The molecule has 0 aliphatic heterocycles. The molecule has 0 fully saturated rings. The quantitative estimate of drug-likeness (QED) is 0.688. The van der Waals surface area contributed by atoms with Crippen molar-refractivity contribution in [2.45, 2.75) is 52.1 Å². The van der Waals surface area contributed by atoms with Gasteiger partial charge in [-0.1, -0.05) is 6.92 Å². The molecule has 0 aliphatic rings. The summed E-state index contributed by atoms with van der Waals surface area (Å²) in [5.74, 6) is 0. The van der Waals surface area contributed by atoms with Crippen molar-refractivity contribution in [1.29, 1.82) is 0 Å². The van der Waals surface area contributed by atoms with Crippen LogP contribution in [0.5, 0.6) is 0 Å². The average Bonchev–Trinajstić information content (AvgIpc) is 2.09. The standard InChI is InChI=1S/C13H31N3/c1-7-16(12(2)11-15(5)6)10-8-9-13(3,4)14/h12H,7-11,14H2,1-6H3. The highest BCUT2D eigenvalue weighted by Gasteiger charge is 2.15. The molecule has 0 aromatic carbocycles. The van der Waals surface area contributed by atoms with Crippen LogP contribution in [-0.4, -0.2) is 55.1 Å². The Hall–Kier alpha value is -0.120. The fraction of sp³-hybridized carbons (Fsp3) is 1.00. The van der Waals surface area contributed by atoms with Gasteiger partial charge in [0.1, 0.15) is 0 Å². The number of hydrogen-bond acceptors (Lipinski definition) is 3. The first-order valence-corrected chi connectivity index (χ1v) is 6.44. The van der Waals surface area contributed by atoms with Crippen molar-refractivity contribution in [3.8, 4) is 0 Å². The van der Waals surface area contributed by atoms with Crippen LogP contribution in [0.2, 0.25) is 0 Å². The fourth-order valence-corrected chi connectivity index (χ4v) is 2.07. The Morgan fingerprint density at radius 2 is 1.81 bits per heavy atom. The predicted octanol–water partition coefficient (Wildman–Crippen LogP) is 1.78. The lowest BCUT2D eigenvalue weighted by Crippen LogP contribution is -2.41. The molecule has 98 valence electrons. The minimum absolute atomic E-state index is 0.0236. The van der Waals surface area contributed by atoms with E-state index >= 15 is 0 Å². The van der Waals surface area contributed by atoms with Crippen LogP contribution >= 0.6 is 0 Å². The normalized spacial score (nSPS) is 14.8. The molecule has 0 amide bonds. The second-order valence-electron chi connectivity index (χ2n) is 5.83. The number of hydrogen-bond donors (Lipinski definition) is 1. The summed E-state index contributed by atoms with van der Waals surface area (Å²) in [5, 5.41) is 0. The number of nitrogens with zero attached hydrogens (tertiary/aromatic N) is 2. The molecular weight excluding hydrogens is 198 g/mol. The van der Waals surface area contributed by atoms with E-state index in [1.54, 1.807) is 0 Å². The van der Waals surface area contributed by atoms with E-state index < -0.39 is 0 Å². The summed E-state index contributed by atoms with van der Waals surface area (Å²) in [6.45, 7) is 12.2. The second-order valence-corrected chi connectivity index (χ2v) is 5.83. The number of likely N-dealkylation sites (N-methyl/N-ethyl adjacent to an activating group) is 2.